The van der Waals surface area contributed by atoms with Crippen molar-refractivity contribution in [1.29, 1.82) is 0 Å². The van der Waals surface area contributed by atoms with Crippen LogP contribution in [-0.4, -0.2) is 124 Å². The van der Waals surface area contributed by atoms with Gasteiger partial charge in [0, 0.05) is 24.8 Å². The molecule has 4 rings (SSSR count). The lowest BCUT2D eigenvalue weighted by Crippen LogP contribution is -2.30. The van der Waals surface area contributed by atoms with Gasteiger partial charge in [-0.1, -0.05) is 13.8 Å². The average Bonchev–Trinajstić information content (AvgIpc) is 4.06. The molecule has 0 radical (unpaired) electrons. The number of nitrogens with one attached hydrogen (secondary N) is 1. The number of aromatic nitrogens is 8. The molecular formula is C46H70N8O14. The highest BCUT2D eigenvalue weighted by atomic mass is 16.5. The summed E-state index contributed by atoms with van der Waals surface area (Å²) in [4.78, 5) is 88.6. The second kappa shape index (κ2) is 28.9. The third-order valence-electron chi connectivity index (χ3n) is 8.37. The highest BCUT2D eigenvalue weighted by Crippen LogP contribution is 2.21. The molecule has 68 heavy (non-hydrogen) atoms. The monoisotopic (exact) mass is 959 g/mol. The Morgan fingerprint density at radius 2 is 0.985 bits per heavy atom. The largest absolute Gasteiger partial charge is 0.481 e. The van der Waals surface area contributed by atoms with Crippen LogP contribution in [0.4, 0.5) is 0 Å². The molecule has 0 saturated carbocycles. The average molecular weight is 959 g/mol. The number of ether oxygens (including phenoxy) is 4. The van der Waals surface area contributed by atoms with E-state index >= 15 is 0 Å². The Bertz CT molecular complexity index is 2220. The fourth-order valence-electron chi connectivity index (χ4n) is 4.90. The Morgan fingerprint density at radius 1 is 0.574 bits per heavy atom. The number of ketones is 2. The van der Waals surface area contributed by atoms with E-state index in [4.69, 9.17) is 19.7 Å². The number of carboxylic acids is 2. The first-order valence-electron chi connectivity index (χ1n) is 21.8. The molecule has 0 aliphatic heterocycles. The van der Waals surface area contributed by atoms with E-state index in [1.165, 1.54) is 37.2 Å². The lowest BCUT2D eigenvalue weighted by molar-refractivity contribution is -0.151. The van der Waals surface area contributed by atoms with Crippen molar-refractivity contribution in [2.75, 3.05) is 26.4 Å². The van der Waals surface area contributed by atoms with Gasteiger partial charge in [0.25, 0.3) is 0 Å². The molecule has 3 N–H and O–H groups in total. The summed E-state index contributed by atoms with van der Waals surface area (Å²) < 4.78 is 23.8. The van der Waals surface area contributed by atoms with Crippen LogP contribution in [0.1, 0.15) is 158 Å². The number of hydrogen-bond donors (Lipinski definition) is 3. The van der Waals surface area contributed by atoms with Crippen molar-refractivity contribution in [3.8, 4) is 0 Å². The van der Waals surface area contributed by atoms with Crippen molar-refractivity contribution < 1.29 is 67.5 Å². The molecule has 0 aliphatic rings. The highest BCUT2D eigenvalue weighted by Gasteiger charge is 2.33. The number of aliphatic carboxylic acids is 1. The molecule has 22 nitrogen and oxygen atoms in total. The van der Waals surface area contributed by atoms with E-state index in [2.05, 4.69) is 35.0 Å². The van der Waals surface area contributed by atoms with Gasteiger partial charge >= 0.3 is 35.8 Å². The first-order valence-corrected chi connectivity index (χ1v) is 21.8. The maximum atomic E-state index is 12.5. The van der Waals surface area contributed by atoms with Crippen LogP contribution in [0.15, 0.2) is 49.6 Å². The number of nitrogens with zero attached hydrogens (tertiary/aromatic N) is 7. The summed E-state index contributed by atoms with van der Waals surface area (Å²) in [5, 5.41) is 35.0. The summed E-state index contributed by atoms with van der Waals surface area (Å²) in [6.07, 6.45) is 11.4. The van der Waals surface area contributed by atoms with Crippen LogP contribution in [0.3, 0.4) is 0 Å². The topological polar surface area (TPSA) is 296 Å². The Kier molecular flexibility index (Phi) is 25.9. The van der Waals surface area contributed by atoms with Gasteiger partial charge in [-0.05, 0) is 95.9 Å². The zero-order valence-corrected chi connectivity index (χ0v) is 41.9. The number of carbonyl (C=O) groups is 8. The molecule has 378 valence electrons. The maximum Gasteiger partial charge on any atom is 0.341 e. The molecule has 1 unspecified atom stereocenters. The van der Waals surface area contributed by atoms with E-state index in [0.29, 0.717) is 23.3 Å². The normalized spacial score (nSPS) is 11.3. The fraction of sp³-hybridized carbons (Fsp3) is 0.565. The molecule has 1 atom stereocenters. The first-order chi connectivity index (χ1) is 31.4. The number of H-pyrrole nitrogens is 1. The molecule has 0 spiro atoms. The van der Waals surface area contributed by atoms with Crippen LogP contribution in [0, 0.1) is 11.8 Å². The predicted molar refractivity (Wildman–Crippen MR) is 247 cm³/mol. The summed E-state index contributed by atoms with van der Waals surface area (Å²) in [7, 11) is 0. The second-order valence-electron chi connectivity index (χ2n) is 17.7. The lowest BCUT2D eigenvalue weighted by Gasteiger charge is -2.19. The number of carboxylic acid groups (broad SMARTS) is 2. The Balaban J connectivity index is 0.000000852. The summed E-state index contributed by atoms with van der Waals surface area (Å²) in [6.45, 7) is 29.5. The SMILES string of the molecule is CC(C)(C)n1cc(C(=O)O)cn1.CCOC(=O)C(C(=O)c1cnn(C(C)(C)C)c1)C(C)C.CCOC(=O)CC(=O)O.CCOC(=O)CC(=O)c1cnn(C(C)(C)C)c1.CCOC(=O)c1cn[nH]c1. The maximum absolute atomic E-state index is 12.5. The molecule has 4 aromatic rings. The van der Waals surface area contributed by atoms with Crippen molar-refractivity contribution in [2.45, 2.75) is 133 Å². The van der Waals surface area contributed by atoms with E-state index in [9.17, 15) is 38.4 Å². The summed E-state index contributed by atoms with van der Waals surface area (Å²) in [6, 6.07) is 0. The first kappa shape index (κ1) is 61.0. The second-order valence-corrected chi connectivity index (χ2v) is 17.7. The molecule has 4 aromatic heterocycles. The van der Waals surface area contributed by atoms with E-state index in [0.717, 1.165) is 0 Å². The number of esters is 4. The number of rotatable bonds is 15. The van der Waals surface area contributed by atoms with Gasteiger partial charge in [-0.15, -0.1) is 0 Å². The van der Waals surface area contributed by atoms with Gasteiger partial charge in [0.05, 0.1) is 90.1 Å². The molecule has 0 aliphatic carbocycles. The van der Waals surface area contributed by atoms with Gasteiger partial charge in [-0.2, -0.15) is 20.4 Å². The van der Waals surface area contributed by atoms with Gasteiger partial charge in [0.15, 0.2) is 11.6 Å². The molecule has 4 heterocycles. The van der Waals surface area contributed by atoms with Crippen molar-refractivity contribution in [2.24, 2.45) is 11.8 Å². The van der Waals surface area contributed by atoms with Gasteiger partial charge < -0.3 is 29.2 Å². The number of aromatic amines is 1. The summed E-state index contributed by atoms with van der Waals surface area (Å²) in [5.41, 5.74) is 1.04. The van der Waals surface area contributed by atoms with Gasteiger partial charge in [-0.3, -0.25) is 47.9 Å². The van der Waals surface area contributed by atoms with Crippen molar-refractivity contribution in [1.82, 2.24) is 39.5 Å². The van der Waals surface area contributed by atoms with Crippen LogP contribution < -0.4 is 0 Å². The van der Waals surface area contributed by atoms with Crippen molar-refractivity contribution in [3.63, 3.8) is 0 Å². The van der Waals surface area contributed by atoms with Crippen LogP contribution >= 0.6 is 0 Å². The standard InChI is InChI=1S/C15H24N2O3.C12H18N2O3.C8H12N2O2.C6H8N2O2.C5H8O4/c1-7-20-14(19)12(10(2)3)13(18)11-8-16-17(9-11)15(4,5)6;1-5-17-11(16)6-10(15)9-7-13-14(8-9)12(2,3)4;1-8(2,3)10-5-6(4-9-10)7(11)12;1-2-10-6(9)5-3-7-8-4-5;1-2-9-5(8)3-4(6)7/h8-10,12H,7H2,1-6H3;7-8H,5-6H2,1-4H3;4-5H,1-3H3,(H,11,12);3-4H,2H2,1H3,(H,7,8);2-3H2,1H3,(H,6,7). The quantitative estimate of drug-likeness (QED) is 0.0504. The molecule has 0 saturated heterocycles. The number of aromatic carboxylic acids is 1. The van der Waals surface area contributed by atoms with E-state index in [-0.39, 0.29) is 71.9 Å². The fourth-order valence-corrected chi connectivity index (χ4v) is 4.90. The van der Waals surface area contributed by atoms with Crippen molar-refractivity contribution >= 4 is 47.4 Å². The van der Waals surface area contributed by atoms with Crippen LogP contribution in [0.25, 0.3) is 0 Å². The number of Topliss-reactive ketones (excluding diaryl/α,β-unsaturated/α-hetero) is 2. The van der Waals surface area contributed by atoms with E-state index in [1.807, 2.05) is 76.2 Å². The van der Waals surface area contributed by atoms with Crippen LogP contribution in [-0.2, 0) is 54.7 Å². The van der Waals surface area contributed by atoms with Crippen LogP contribution in [0.5, 0.6) is 0 Å². The Morgan fingerprint density at radius 3 is 1.34 bits per heavy atom. The van der Waals surface area contributed by atoms with E-state index in [1.54, 1.807) is 54.1 Å². The van der Waals surface area contributed by atoms with E-state index < -0.39 is 42.2 Å². The zero-order valence-electron chi connectivity index (χ0n) is 41.9. The number of carbonyl (C=O) groups excluding carboxylic acids is 6. The zero-order chi connectivity index (χ0) is 52.6. The molecule has 22 heteroatoms. The molecule has 0 amide bonds. The Labute approximate surface area is 397 Å². The predicted octanol–water partition coefficient (Wildman–Crippen LogP) is 6.38. The third-order valence-corrected chi connectivity index (χ3v) is 8.37. The van der Waals surface area contributed by atoms with Gasteiger partial charge in [0.1, 0.15) is 18.8 Å². The molecule has 0 aromatic carbocycles. The molecule has 0 bridgehead atoms. The molecular weight excluding hydrogens is 889 g/mol. The van der Waals surface area contributed by atoms with Gasteiger partial charge in [-0.25, -0.2) is 9.59 Å². The van der Waals surface area contributed by atoms with Gasteiger partial charge in [0.2, 0.25) is 0 Å². The van der Waals surface area contributed by atoms with Crippen LogP contribution in [0.2, 0.25) is 0 Å². The highest BCUT2D eigenvalue weighted by molar-refractivity contribution is 6.08. The third kappa shape index (κ3) is 22.9. The summed E-state index contributed by atoms with van der Waals surface area (Å²) >= 11 is 0. The van der Waals surface area contributed by atoms with Crippen molar-refractivity contribution in [3.05, 3.63) is 71.8 Å². The minimum atomic E-state index is -1.16. The lowest BCUT2D eigenvalue weighted by atomic mass is 9.89. The minimum absolute atomic E-state index is 0.112. The Hall–Kier alpha value is -7.00. The summed E-state index contributed by atoms with van der Waals surface area (Å²) in [5.74, 6) is -5.46. The minimum Gasteiger partial charge on any atom is -0.481 e. The molecule has 0 fully saturated rings. The smallest absolute Gasteiger partial charge is 0.341 e. The number of hydrogen-bond acceptors (Lipinski definition) is 16.